The maximum Gasteiger partial charge on any atom is 0.381 e. The number of aliphatic carboxylic acids is 1. The predicted octanol–water partition coefficient (Wildman–Crippen LogP) is 1.26. The number of carboxylic acid groups (broad SMARTS) is 1. The van der Waals surface area contributed by atoms with E-state index < -0.39 is 23.3 Å². The number of amides is 1. The van der Waals surface area contributed by atoms with Gasteiger partial charge in [0.15, 0.2) is 0 Å². The van der Waals surface area contributed by atoms with Crippen molar-refractivity contribution in [1.29, 1.82) is 0 Å². The van der Waals surface area contributed by atoms with Crippen LogP contribution in [0.3, 0.4) is 0 Å². The fourth-order valence-corrected chi connectivity index (χ4v) is 2.35. The smallest absolute Gasteiger partial charge is 0.381 e. The van der Waals surface area contributed by atoms with Crippen LogP contribution in [0.15, 0.2) is 36.5 Å². The van der Waals surface area contributed by atoms with E-state index in [4.69, 9.17) is 5.11 Å². The van der Waals surface area contributed by atoms with Gasteiger partial charge in [0.05, 0.1) is 0 Å². The van der Waals surface area contributed by atoms with Crippen molar-refractivity contribution < 1.29 is 19.6 Å². The van der Waals surface area contributed by atoms with Crippen molar-refractivity contribution in [2.45, 2.75) is 19.9 Å². The molecule has 0 atom stereocenters. The third-order valence-corrected chi connectivity index (χ3v) is 3.65. The minimum absolute atomic E-state index is 0.200. The zero-order valence-electron chi connectivity index (χ0n) is 13.7. The zero-order chi connectivity index (χ0) is 18.4. The molecule has 9 heteroatoms. The van der Waals surface area contributed by atoms with E-state index in [0.717, 1.165) is 5.56 Å². The van der Waals surface area contributed by atoms with E-state index in [1.54, 1.807) is 6.92 Å². The molecule has 2 aromatic rings. The van der Waals surface area contributed by atoms with Crippen LogP contribution in [0.2, 0.25) is 0 Å². The molecule has 0 aliphatic heterocycles. The molecule has 0 aliphatic rings. The average Bonchev–Trinajstić information content (AvgIpc) is 2.93. The molecule has 1 heterocycles. The van der Waals surface area contributed by atoms with E-state index in [-0.39, 0.29) is 18.9 Å². The first-order valence-electron chi connectivity index (χ1n) is 7.58. The minimum Gasteiger partial charge on any atom is -0.480 e. The lowest BCUT2D eigenvalue weighted by Crippen LogP contribution is -2.39. The van der Waals surface area contributed by atoms with Crippen molar-refractivity contribution in [3.8, 4) is 0 Å². The summed E-state index contributed by atoms with van der Waals surface area (Å²) in [6, 6.07) is 9.40. The average molecular weight is 346 g/mol. The normalized spacial score (nSPS) is 10.4. The Morgan fingerprint density at radius 1 is 1.32 bits per heavy atom. The van der Waals surface area contributed by atoms with Gasteiger partial charge in [0.25, 0.3) is 0 Å². The molecular formula is C16H18N4O5. The van der Waals surface area contributed by atoms with E-state index in [2.05, 4.69) is 4.98 Å². The Hall–Kier alpha value is -3.23. The van der Waals surface area contributed by atoms with E-state index in [1.807, 2.05) is 30.3 Å². The molecule has 2 rings (SSSR count). The number of hydrogen-bond acceptors (Lipinski definition) is 5. The summed E-state index contributed by atoms with van der Waals surface area (Å²) in [7, 11) is 0. The molecule has 0 saturated carbocycles. The first kappa shape index (κ1) is 18.1. The highest BCUT2D eigenvalue weighted by Gasteiger charge is 2.21. The molecule has 0 bridgehead atoms. The molecule has 132 valence electrons. The van der Waals surface area contributed by atoms with Crippen LogP contribution < -0.4 is 0 Å². The summed E-state index contributed by atoms with van der Waals surface area (Å²) in [4.78, 5) is 38.6. The van der Waals surface area contributed by atoms with Gasteiger partial charge in [-0.3, -0.25) is 14.2 Å². The number of carbonyl (C=O) groups excluding carboxylic acids is 1. The summed E-state index contributed by atoms with van der Waals surface area (Å²) in [5, 5.41) is 19.8. The van der Waals surface area contributed by atoms with Gasteiger partial charge in [-0.15, -0.1) is 0 Å². The second kappa shape index (κ2) is 8.04. The zero-order valence-corrected chi connectivity index (χ0v) is 13.7. The minimum atomic E-state index is -1.12. The molecular weight excluding hydrogens is 328 g/mol. The Labute approximate surface area is 143 Å². The third-order valence-electron chi connectivity index (χ3n) is 3.65. The predicted molar refractivity (Wildman–Crippen MR) is 88.0 cm³/mol. The van der Waals surface area contributed by atoms with E-state index in [1.165, 1.54) is 15.7 Å². The number of carboxylic acids is 1. The number of imidazole rings is 1. The topological polar surface area (TPSA) is 119 Å². The third kappa shape index (κ3) is 5.13. The van der Waals surface area contributed by atoms with E-state index in [0.29, 0.717) is 12.2 Å². The maximum atomic E-state index is 12.4. The van der Waals surface area contributed by atoms with Gasteiger partial charge in [-0.25, -0.2) is 0 Å². The van der Waals surface area contributed by atoms with Crippen molar-refractivity contribution in [1.82, 2.24) is 14.5 Å². The fourth-order valence-electron chi connectivity index (χ4n) is 2.35. The van der Waals surface area contributed by atoms with E-state index >= 15 is 0 Å². The summed E-state index contributed by atoms with van der Waals surface area (Å²) < 4.78 is 1.35. The molecule has 25 heavy (non-hydrogen) atoms. The first-order chi connectivity index (χ1) is 11.9. The molecule has 0 fully saturated rings. The summed E-state index contributed by atoms with van der Waals surface area (Å²) in [5.74, 6) is -1.58. The highest BCUT2D eigenvalue weighted by atomic mass is 16.6. The fraction of sp³-hybridized carbons (Fsp3) is 0.312. The summed E-state index contributed by atoms with van der Waals surface area (Å²) in [5.41, 5.74) is 0.986. The molecule has 1 N–H and O–H groups in total. The quantitative estimate of drug-likeness (QED) is 0.568. The Kier molecular flexibility index (Phi) is 5.83. The van der Waals surface area contributed by atoms with Crippen LogP contribution in [-0.4, -0.2) is 49.4 Å². The summed E-state index contributed by atoms with van der Waals surface area (Å²) in [6.45, 7) is 1.16. The lowest BCUT2D eigenvalue weighted by atomic mass is 10.1. The van der Waals surface area contributed by atoms with Crippen molar-refractivity contribution in [2.24, 2.45) is 0 Å². The Balaban J connectivity index is 2.07. The second-order valence-electron chi connectivity index (χ2n) is 5.48. The van der Waals surface area contributed by atoms with Crippen molar-refractivity contribution in [3.05, 3.63) is 58.0 Å². The van der Waals surface area contributed by atoms with Crippen LogP contribution in [0.1, 0.15) is 11.4 Å². The molecule has 0 spiro atoms. The van der Waals surface area contributed by atoms with Gasteiger partial charge in [-0.1, -0.05) is 30.3 Å². The van der Waals surface area contributed by atoms with Gasteiger partial charge in [0.1, 0.15) is 19.3 Å². The van der Waals surface area contributed by atoms with Crippen LogP contribution in [0.5, 0.6) is 0 Å². The van der Waals surface area contributed by atoms with Gasteiger partial charge >= 0.3 is 11.8 Å². The maximum absolute atomic E-state index is 12.4. The molecule has 9 nitrogen and oxygen atoms in total. The number of nitro groups is 1. The number of carbonyl (C=O) groups is 2. The Morgan fingerprint density at radius 2 is 2.00 bits per heavy atom. The Morgan fingerprint density at radius 3 is 2.56 bits per heavy atom. The van der Waals surface area contributed by atoms with Crippen LogP contribution in [0, 0.1) is 17.0 Å². The molecule has 0 saturated heterocycles. The number of aryl methyl sites for hydroxylation is 1. The highest BCUT2D eigenvalue weighted by Crippen LogP contribution is 2.11. The van der Waals surface area contributed by atoms with Crippen LogP contribution in [-0.2, 0) is 22.6 Å². The van der Waals surface area contributed by atoms with Crippen LogP contribution in [0.25, 0.3) is 0 Å². The second-order valence-corrected chi connectivity index (χ2v) is 5.48. The number of aromatic nitrogens is 2. The largest absolute Gasteiger partial charge is 0.480 e. The lowest BCUT2D eigenvalue weighted by Gasteiger charge is -2.21. The first-order valence-corrected chi connectivity index (χ1v) is 7.58. The van der Waals surface area contributed by atoms with Crippen molar-refractivity contribution >= 4 is 17.7 Å². The molecule has 1 amide bonds. The summed E-state index contributed by atoms with van der Waals surface area (Å²) >= 11 is 0. The van der Waals surface area contributed by atoms with Crippen molar-refractivity contribution in [3.63, 3.8) is 0 Å². The number of benzene rings is 1. The highest BCUT2D eigenvalue weighted by molar-refractivity contribution is 5.81. The van der Waals surface area contributed by atoms with Gasteiger partial charge in [0.2, 0.25) is 11.7 Å². The standard InChI is InChI=1S/C16H18N4O5/c1-12-17-14(20(24)25)9-19(12)10-15(21)18(11-16(22)23)8-7-13-5-3-2-4-6-13/h2-6,9H,7-8,10-11H2,1H3,(H,22,23). The molecule has 0 aliphatic carbocycles. The monoisotopic (exact) mass is 346 g/mol. The van der Waals surface area contributed by atoms with Gasteiger partial charge in [-0.2, -0.15) is 0 Å². The lowest BCUT2D eigenvalue weighted by molar-refractivity contribution is -0.389. The Bertz CT molecular complexity index is 772. The van der Waals surface area contributed by atoms with Crippen molar-refractivity contribution in [2.75, 3.05) is 13.1 Å². The molecule has 1 aromatic carbocycles. The SMILES string of the molecule is Cc1nc([N+](=O)[O-])cn1CC(=O)N(CCc1ccccc1)CC(=O)O. The van der Waals surface area contributed by atoms with Gasteiger partial charge in [-0.05, 0) is 21.9 Å². The number of hydrogen-bond donors (Lipinski definition) is 1. The number of rotatable bonds is 8. The van der Waals surface area contributed by atoms with Crippen LogP contribution in [0.4, 0.5) is 5.82 Å². The molecule has 0 radical (unpaired) electrons. The van der Waals surface area contributed by atoms with Crippen LogP contribution >= 0.6 is 0 Å². The summed E-state index contributed by atoms with van der Waals surface area (Å²) in [6.07, 6.45) is 1.69. The molecule has 0 unspecified atom stereocenters. The molecule has 1 aromatic heterocycles. The van der Waals surface area contributed by atoms with E-state index in [9.17, 15) is 19.7 Å². The van der Waals surface area contributed by atoms with Gasteiger partial charge in [0, 0.05) is 13.5 Å². The van der Waals surface area contributed by atoms with Gasteiger partial charge < -0.3 is 20.1 Å². The number of nitrogens with zero attached hydrogens (tertiary/aromatic N) is 4.